The van der Waals surface area contributed by atoms with Gasteiger partial charge in [0.1, 0.15) is 10.8 Å². The molecule has 32 heavy (non-hydrogen) atoms. The topological polar surface area (TPSA) is 219 Å². The quantitative estimate of drug-likeness (QED) is 0.519. The molecule has 0 fully saturated rings. The van der Waals surface area contributed by atoms with Crippen LogP contribution in [0.4, 0.5) is 11.4 Å². The van der Waals surface area contributed by atoms with E-state index >= 15 is 0 Å². The van der Waals surface area contributed by atoms with E-state index < -0.39 is 28.1 Å². The number of nitrogens with zero attached hydrogens (tertiary/aromatic N) is 3. The van der Waals surface area contributed by atoms with Crippen LogP contribution in [0.1, 0.15) is 11.1 Å². The number of hydrogen-bond donors (Lipinski definition) is 3. The molecule has 158 valence electrons. The molecule has 1 aliphatic carbocycles. The molecule has 5 rings (SSSR count). The van der Waals surface area contributed by atoms with Crippen molar-refractivity contribution in [1.82, 2.24) is 0 Å². The number of carbonyl (C=O) groups is 2. The highest BCUT2D eigenvalue weighted by molar-refractivity contribution is 6.21. The van der Waals surface area contributed by atoms with Gasteiger partial charge in [-0.05, 0) is 23.3 Å². The van der Waals surface area contributed by atoms with Crippen LogP contribution in [0.3, 0.4) is 0 Å². The second kappa shape index (κ2) is 6.66. The summed E-state index contributed by atoms with van der Waals surface area (Å²) in [7, 11) is 0. The summed E-state index contributed by atoms with van der Waals surface area (Å²) in [6, 6.07) is 18.9. The van der Waals surface area contributed by atoms with Crippen molar-refractivity contribution in [1.29, 1.82) is 15.8 Å². The van der Waals surface area contributed by atoms with Crippen LogP contribution in [0.25, 0.3) is 0 Å². The number of nitriles is 3. The third-order valence-electron chi connectivity index (χ3n) is 6.46. The van der Waals surface area contributed by atoms with Gasteiger partial charge in [-0.2, -0.15) is 15.8 Å². The molecular weight excluding hydrogens is 412 g/mol. The molecule has 8 N–H and O–H groups in total. The van der Waals surface area contributed by atoms with E-state index in [1.807, 2.05) is 18.2 Å². The summed E-state index contributed by atoms with van der Waals surface area (Å²) < 4.78 is 0. The molecule has 3 aliphatic rings. The first kappa shape index (κ1) is 22.0. The SMILES string of the molecule is N#CC1=C(N)C(C#N)(C#N)[C@]2(C(=O)Nc3ccccc32)[C@@]12C(=O)Nc1ccccc12.O.O. The van der Waals surface area contributed by atoms with Crippen molar-refractivity contribution in [2.75, 3.05) is 10.6 Å². The first-order chi connectivity index (χ1) is 14.5. The van der Waals surface area contributed by atoms with E-state index in [-0.39, 0.29) is 27.8 Å². The summed E-state index contributed by atoms with van der Waals surface area (Å²) in [4.78, 5) is 27.4. The fourth-order valence-corrected chi connectivity index (χ4v) is 5.40. The lowest BCUT2D eigenvalue weighted by atomic mass is 9.50. The van der Waals surface area contributed by atoms with Crippen LogP contribution in [-0.4, -0.2) is 22.8 Å². The summed E-state index contributed by atoms with van der Waals surface area (Å²) in [5, 5.41) is 36.0. The van der Waals surface area contributed by atoms with Crippen LogP contribution in [-0.2, 0) is 20.4 Å². The Morgan fingerprint density at radius 1 is 0.781 bits per heavy atom. The van der Waals surface area contributed by atoms with Gasteiger partial charge in [-0.1, -0.05) is 36.4 Å². The number of amides is 2. The largest absolute Gasteiger partial charge is 0.412 e. The molecule has 0 aromatic heterocycles. The first-order valence-corrected chi connectivity index (χ1v) is 9.02. The maximum Gasteiger partial charge on any atom is 0.242 e. The van der Waals surface area contributed by atoms with Gasteiger partial charge in [-0.3, -0.25) is 9.59 Å². The Hall–Kier alpha value is -4.69. The van der Waals surface area contributed by atoms with Crippen molar-refractivity contribution in [3.8, 4) is 18.2 Å². The molecule has 2 spiro atoms. The second-order valence-electron chi connectivity index (χ2n) is 7.37. The summed E-state index contributed by atoms with van der Waals surface area (Å²) in [6.45, 7) is 0. The molecular formula is C22H16N6O4. The van der Waals surface area contributed by atoms with Crippen molar-refractivity contribution in [3.05, 3.63) is 70.9 Å². The van der Waals surface area contributed by atoms with Gasteiger partial charge >= 0.3 is 0 Å². The summed E-state index contributed by atoms with van der Waals surface area (Å²) in [5.41, 5.74) is 0.686. The number of allylic oxidation sites excluding steroid dienone is 1. The summed E-state index contributed by atoms with van der Waals surface area (Å²) in [5.74, 6) is -1.41. The molecule has 2 aliphatic heterocycles. The predicted octanol–water partition coefficient (Wildman–Crippen LogP) is -0.0993. The van der Waals surface area contributed by atoms with E-state index in [2.05, 4.69) is 10.6 Å². The highest BCUT2D eigenvalue weighted by Crippen LogP contribution is 2.70. The number of para-hydroxylation sites is 2. The van der Waals surface area contributed by atoms with Gasteiger partial charge in [-0.25, -0.2) is 0 Å². The van der Waals surface area contributed by atoms with Crippen molar-refractivity contribution in [3.63, 3.8) is 0 Å². The lowest BCUT2D eigenvalue weighted by molar-refractivity contribution is -0.132. The van der Waals surface area contributed by atoms with Gasteiger partial charge in [0.2, 0.25) is 17.2 Å². The van der Waals surface area contributed by atoms with E-state index in [9.17, 15) is 25.4 Å². The van der Waals surface area contributed by atoms with Crippen molar-refractivity contribution < 1.29 is 20.5 Å². The Kier molecular flexibility index (Phi) is 4.58. The van der Waals surface area contributed by atoms with Crippen LogP contribution in [0, 0.1) is 39.4 Å². The molecule has 2 aromatic carbocycles. The molecule has 0 saturated heterocycles. The Bertz CT molecular complexity index is 1350. The average molecular weight is 428 g/mol. The van der Waals surface area contributed by atoms with Crippen molar-refractivity contribution in [2.45, 2.75) is 10.8 Å². The van der Waals surface area contributed by atoms with E-state index in [0.29, 0.717) is 16.9 Å². The Morgan fingerprint density at radius 2 is 1.28 bits per heavy atom. The maximum absolute atomic E-state index is 13.7. The number of rotatable bonds is 0. The fourth-order valence-electron chi connectivity index (χ4n) is 5.40. The van der Waals surface area contributed by atoms with Gasteiger partial charge in [-0.15, -0.1) is 0 Å². The van der Waals surface area contributed by atoms with Crippen LogP contribution < -0.4 is 16.4 Å². The molecule has 10 heteroatoms. The molecule has 10 nitrogen and oxygen atoms in total. The normalized spacial score (nSPS) is 25.4. The molecule has 2 atom stereocenters. The minimum Gasteiger partial charge on any atom is -0.412 e. The molecule has 0 bridgehead atoms. The molecule has 2 aromatic rings. The monoisotopic (exact) mass is 428 g/mol. The minimum atomic E-state index is -2.27. The highest BCUT2D eigenvalue weighted by atomic mass is 16.2. The molecule has 2 heterocycles. The summed E-state index contributed by atoms with van der Waals surface area (Å²) >= 11 is 0. The number of nitrogens with one attached hydrogen (secondary N) is 2. The molecule has 0 saturated carbocycles. The molecule has 0 radical (unpaired) electrons. The Balaban J connectivity index is 0.00000144. The van der Waals surface area contributed by atoms with Crippen molar-refractivity contribution in [2.24, 2.45) is 11.1 Å². The number of fused-ring (bicyclic) bond motifs is 5. The zero-order chi connectivity index (χ0) is 21.3. The molecule has 0 unspecified atom stereocenters. The van der Waals surface area contributed by atoms with E-state index in [1.165, 1.54) is 0 Å². The Morgan fingerprint density at radius 3 is 1.84 bits per heavy atom. The number of benzene rings is 2. The smallest absolute Gasteiger partial charge is 0.242 e. The van der Waals surface area contributed by atoms with Crippen LogP contribution in [0.5, 0.6) is 0 Å². The van der Waals surface area contributed by atoms with Gasteiger partial charge in [0, 0.05) is 11.4 Å². The van der Waals surface area contributed by atoms with Gasteiger partial charge < -0.3 is 27.3 Å². The third kappa shape index (κ3) is 1.79. The fraction of sp³-hybridized carbons (Fsp3) is 0.136. The highest BCUT2D eigenvalue weighted by Gasteiger charge is 2.83. The lowest BCUT2D eigenvalue weighted by Crippen LogP contribution is -2.62. The van der Waals surface area contributed by atoms with E-state index in [0.717, 1.165) is 0 Å². The molecule has 2 amide bonds. The van der Waals surface area contributed by atoms with Gasteiger partial charge in [0.25, 0.3) is 0 Å². The third-order valence-corrected chi connectivity index (χ3v) is 6.46. The number of nitrogens with two attached hydrogens (primary N) is 1. The first-order valence-electron chi connectivity index (χ1n) is 9.02. The Labute approximate surface area is 181 Å². The van der Waals surface area contributed by atoms with Crippen molar-refractivity contribution >= 4 is 23.2 Å². The second-order valence-corrected chi connectivity index (χ2v) is 7.37. The van der Waals surface area contributed by atoms with E-state index in [4.69, 9.17) is 5.73 Å². The van der Waals surface area contributed by atoms with Crippen LogP contribution >= 0.6 is 0 Å². The zero-order valence-corrected chi connectivity index (χ0v) is 16.4. The number of anilines is 2. The number of carbonyl (C=O) groups excluding carboxylic acids is 2. The van der Waals surface area contributed by atoms with Crippen LogP contribution in [0.2, 0.25) is 0 Å². The predicted molar refractivity (Wildman–Crippen MR) is 111 cm³/mol. The van der Waals surface area contributed by atoms with Crippen LogP contribution in [0.15, 0.2) is 59.8 Å². The lowest BCUT2D eigenvalue weighted by Gasteiger charge is -2.42. The van der Waals surface area contributed by atoms with E-state index in [1.54, 1.807) is 48.5 Å². The zero-order valence-electron chi connectivity index (χ0n) is 16.4. The van der Waals surface area contributed by atoms with Gasteiger partial charge in [0.15, 0.2) is 0 Å². The number of hydrogen-bond acceptors (Lipinski definition) is 6. The average Bonchev–Trinajstić information content (AvgIpc) is 3.29. The maximum atomic E-state index is 13.7. The minimum absolute atomic E-state index is 0. The standard InChI is InChI=1S/C22H12N6O2.2H2O/c23-9-14-17(26)20(10-24,11-25)22(13-6-2-4-8-16(13)28-19(22)30)21(14)12-5-1-3-7-15(12)27-18(21)29;;/h1-8H,26H2,(H,27,29)(H,28,30);2*1H2/t21-,22+;;/m1../s1. The summed E-state index contributed by atoms with van der Waals surface area (Å²) in [6.07, 6.45) is 0. The van der Waals surface area contributed by atoms with Gasteiger partial charge in [0.05, 0.1) is 29.5 Å².